The highest BCUT2D eigenvalue weighted by molar-refractivity contribution is 7.91. The van der Waals surface area contributed by atoms with Crippen molar-refractivity contribution in [2.45, 2.75) is 12.2 Å². The van der Waals surface area contributed by atoms with Crippen LogP contribution >= 0.6 is 11.6 Å². The van der Waals surface area contributed by atoms with Crippen LogP contribution in [0.4, 0.5) is 0 Å². The van der Waals surface area contributed by atoms with E-state index in [1.54, 1.807) is 6.07 Å². The molecule has 1 aromatic carbocycles. The minimum absolute atomic E-state index is 0.107. The summed E-state index contributed by atoms with van der Waals surface area (Å²) < 4.78 is 28.1. The van der Waals surface area contributed by atoms with Crippen LogP contribution in [0, 0.1) is 0 Å². The van der Waals surface area contributed by atoms with Crippen molar-refractivity contribution < 1.29 is 23.1 Å². The lowest BCUT2D eigenvalue weighted by Crippen LogP contribution is -2.30. The molecule has 0 amide bonds. The van der Waals surface area contributed by atoms with Crippen LogP contribution in [0.2, 0.25) is 5.02 Å². The SMILES string of the molecule is O=Cc1cccc(Cl)c1OC1CS(=O)(=O)CC1O. The number of hydrogen-bond acceptors (Lipinski definition) is 5. The molecule has 2 rings (SSSR count). The zero-order valence-electron chi connectivity index (χ0n) is 9.24. The highest BCUT2D eigenvalue weighted by Gasteiger charge is 2.38. The Morgan fingerprint density at radius 2 is 2.11 bits per heavy atom. The summed E-state index contributed by atoms with van der Waals surface area (Å²) in [5.74, 6) is -0.508. The molecule has 1 aromatic rings. The summed E-state index contributed by atoms with van der Waals surface area (Å²) in [6.07, 6.45) is -1.43. The van der Waals surface area contributed by atoms with E-state index in [0.717, 1.165) is 0 Å². The average molecular weight is 291 g/mol. The van der Waals surface area contributed by atoms with Gasteiger partial charge in [0.25, 0.3) is 0 Å². The van der Waals surface area contributed by atoms with Crippen molar-refractivity contribution in [1.29, 1.82) is 0 Å². The molecule has 0 radical (unpaired) electrons. The number of aliphatic hydroxyl groups is 1. The normalized spacial score (nSPS) is 25.9. The molecule has 0 aliphatic carbocycles. The van der Waals surface area contributed by atoms with Crippen molar-refractivity contribution in [3.05, 3.63) is 28.8 Å². The van der Waals surface area contributed by atoms with E-state index >= 15 is 0 Å². The smallest absolute Gasteiger partial charge is 0.156 e. The quantitative estimate of drug-likeness (QED) is 0.829. The minimum Gasteiger partial charge on any atom is -0.484 e. The van der Waals surface area contributed by atoms with E-state index in [0.29, 0.717) is 6.29 Å². The van der Waals surface area contributed by atoms with Crippen LogP contribution in [0.5, 0.6) is 5.75 Å². The van der Waals surface area contributed by atoms with Crippen molar-refractivity contribution in [2.75, 3.05) is 11.5 Å². The monoisotopic (exact) mass is 290 g/mol. The first kappa shape index (κ1) is 13.3. The molecule has 1 fully saturated rings. The number of rotatable bonds is 3. The number of para-hydroxylation sites is 1. The molecule has 1 aliphatic rings. The second kappa shape index (κ2) is 4.87. The number of hydrogen-bond donors (Lipinski definition) is 1. The maximum atomic E-state index is 11.3. The van der Waals surface area contributed by atoms with Gasteiger partial charge in [-0.2, -0.15) is 0 Å². The van der Waals surface area contributed by atoms with Gasteiger partial charge in [0.05, 0.1) is 22.1 Å². The maximum Gasteiger partial charge on any atom is 0.156 e. The summed E-state index contributed by atoms with van der Waals surface area (Å²) in [6.45, 7) is 0. The summed E-state index contributed by atoms with van der Waals surface area (Å²) in [7, 11) is -3.30. The van der Waals surface area contributed by atoms with Crippen molar-refractivity contribution in [1.82, 2.24) is 0 Å². The Balaban J connectivity index is 2.28. The fourth-order valence-electron chi connectivity index (χ4n) is 1.80. The summed E-state index contributed by atoms with van der Waals surface area (Å²) in [5.41, 5.74) is 0.221. The van der Waals surface area contributed by atoms with Crippen LogP contribution in [0.1, 0.15) is 10.4 Å². The molecule has 1 saturated heterocycles. The number of ether oxygens (including phenoxy) is 1. The molecule has 1 heterocycles. The molecule has 2 atom stereocenters. The van der Waals surface area contributed by atoms with Gasteiger partial charge in [-0.05, 0) is 12.1 Å². The first-order valence-electron chi connectivity index (χ1n) is 5.22. The minimum atomic E-state index is -3.30. The van der Waals surface area contributed by atoms with Gasteiger partial charge in [-0.3, -0.25) is 4.79 Å². The molecule has 2 unspecified atom stereocenters. The van der Waals surface area contributed by atoms with Crippen molar-refractivity contribution in [3.63, 3.8) is 0 Å². The number of sulfone groups is 1. The van der Waals surface area contributed by atoms with E-state index in [4.69, 9.17) is 16.3 Å². The highest BCUT2D eigenvalue weighted by atomic mass is 35.5. The average Bonchev–Trinajstić information content (AvgIpc) is 2.54. The van der Waals surface area contributed by atoms with E-state index in [2.05, 4.69) is 0 Å². The van der Waals surface area contributed by atoms with Gasteiger partial charge in [-0.15, -0.1) is 0 Å². The van der Waals surface area contributed by atoms with Gasteiger partial charge in [0, 0.05) is 0 Å². The molecule has 0 bridgehead atoms. The molecule has 98 valence electrons. The number of halogens is 1. The number of carbonyl (C=O) groups excluding carboxylic acids is 1. The largest absolute Gasteiger partial charge is 0.484 e. The third kappa shape index (κ3) is 2.66. The lowest BCUT2D eigenvalue weighted by atomic mass is 10.2. The summed E-state index contributed by atoms with van der Waals surface area (Å²) in [5, 5.41) is 9.81. The number of carbonyl (C=O) groups is 1. The zero-order chi connectivity index (χ0) is 13.3. The van der Waals surface area contributed by atoms with Gasteiger partial charge in [0.2, 0.25) is 0 Å². The Morgan fingerprint density at radius 1 is 1.39 bits per heavy atom. The fraction of sp³-hybridized carbons (Fsp3) is 0.364. The Hall–Kier alpha value is -1.11. The van der Waals surface area contributed by atoms with Gasteiger partial charge in [0.1, 0.15) is 18.0 Å². The lowest BCUT2D eigenvalue weighted by molar-refractivity contribution is 0.0729. The van der Waals surface area contributed by atoms with Crippen LogP contribution in [0.25, 0.3) is 0 Å². The lowest BCUT2D eigenvalue weighted by Gasteiger charge is -2.17. The topological polar surface area (TPSA) is 80.7 Å². The van der Waals surface area contributed by atoms with Crippen LogP contribution in [0.15, 0.2) is 18.2 Å². The standard InChI is InChI=1S/C11H11ClO5S/c12-8-3-1-2-7(4-13)11(8)17-10-6-18(15,16)5-9(10)14/h1-4,9-10,14H,5-6H2. The molecule has 0 spiro atoms. The van der Waals surface area contributed by atoms with E-state index < -0.39 is 22.0 Å². The van der Waals surface area contributed by atoms with Crippen LogP contribution in [0.3, 0.4) is 0 Å². The third-order valence-corrected chi connectivity index (χ3v) is 4.65. The fourth-order valence-corrected chi connectivity index (χ4v) is 3.69. The second-order valence-corrected chi connectivity index (χ2v) is 6.64. The van der Waals surface area contributed by atoms with Gasteiger partial charge < -0.3 is 9.84 Å². The van der Waals surface area contributed by atoms with Crippen molar-refractivity contribution >= 4 is 27.7 Å². The van der Waals surface area contributed by atoms with Crippen LogP contribution in [-0.2, 0) is 9.84 Å². The first-order valence-corrected chi connectivity index (χ1v) is 7.42. The van der Waals surface area contributed by atoms with E-state index in [1.165, 1.54) is 12.1 Å². The molecular weight excluding hydrogens is 280 g/mol. The molecular formula is C11H11ClO5S. The van der Waals surface area contributed by atoms with Crippen molar-refractivity contribution in [2.24, 2.45) is 0 Å². The second-order valence-electron chi connectivity index (χ2n) is 4.08. The Bertz CT molecular complexity index is 569. The summed E-state index contributed by atoms with van der Waals surface area (Å²) in [6, 6.07) is 4.62. The molecule has 1 N–H and O–H groups in total. The van der Waals surface area contributed by atoms with Crippen molar-refractivity contribution in [3.8, 4) is 5.75 Å². The number of aldehydes is 1. The predicted octanol–water partition coefficient (Wildman–Crippen LogP) is 0.689. The van der Waals surface area contributed by atoms with Gasteiger partial charge >= 0.3 is 0 Å². The third-order valence-electron chi connectivity index (χ3n) is 2.67. The van der Waals surface area contributed by atoms with Gasteiger partial charge in [0.15, 0.2) is 16.1 Å². The molecule has 0 saturated carbocycles. The molecule has 18 heavy (non-hydrogen) atoms. The molecule has 7 heteroatoms. The zero-order valence-corrected chi connectivity index (χ0v) is 10.8. The maximum absolute atomic E-state index is 11.3. The molecule has 0 aromatic heterocycles. The summed E-state index contributed by atoms with van der Waals surface area (Å²) in [4.78, 5) is 10.8. The number of benzene rings is 1. The molecule has 5 nitrogen and oxygen atoms in total. The van der Waals surface area contributed by atoms with E-state index in [1.807, 2.05) is 0 Å². The predicted molar refractivity (Wildman–Crippen MR) is 65.9 cm³/mol. The molecule has 1 aliphatic heterocycles. The van der Waals surface area contributed by atoms with Gasteiger partial charge in [-0.25, -0.2) is 8.42 Å². The first-order chi connectivity index (χ1) is 8.43. The summed E-state index contributed by atoms with van der Waals surface area (Å²) >= 11 is 5.89. The van der Waals surface area contributed by atoms with E-state index in [9.17, 15) is 18.3 Å². The van der Waals surface area contributed by atoms with E-state index in [-0.39, 0.29) is 27.8 Å². The van der Waals surface area contributed by atoms with Crippen LogP contribution < -0.4 is 4.74 Å². The number of aliphatic hydroxyl groups excluding tert-OH is 1. The Labute approximate surface area is 109 Å². The van der Waals surface area contributed by atoms with Crippen LogP contribution in [-0.4, -0.2) is 43.5 Å². The van der Waals surface area contributed by atoms with Gasteiger partial charge in [-0.1, -0.05) is 17.7 Å². The highest BCUT2D eigenvalue weighted by Crippen LogP contribution is 2.30. The Morgan fingerprint density at radius 3 is 2.67 bits per heavy atom. The Kier molecular flexibility index (Phi) is 3.61.